The van der Waals surface area contributed by atoms with Gasteiger partial charge in [0.05, 0.1) is 21.0 Å². The summed E-state index contributed by atoms with van der Waals surface area (Å²) in [6.07, 6.45) is 0. The van der Waals surface area contributed by atoms with E-state index in [0.717, 1.165) is 15.9 Å². The smallest absolute Gasteiger partial charge is 0.338 e. The van der Waals surface area contributed by atoms with Crippen molar-refractivity contribution < 1.29 is 27.5 Å². The molecular formula is C28H19NO6S2. The van der Waals surface area contributed by atoms with E-state index in [0.29, 0.717) is 5.69 Å². The van der Waals surface area contributed by atoms with Crippen LogP contribution < -0.4 is 5.32 Å². The molecule has 4 aromatic rings. The topological polar surface area (TPSA) is 107 Å². The SMILES string of the molecule is O=C(COC(=O)c1ccc2c(c1)S(=O)(=O)c1ccccc1C2=O)Nc1ccccc1Sc1ccccc1. The lowest BCUT2D eigenvalue weighted by Gasteiger charge is -2.19. The van der Waals surface area contributed by atoms with Crippen LogP contribution in [0.2, 0.25) is 0 Å². The number of ether oxygens (including phenoxy) is 1. The Morgan fingerprint density at radius 3 is 2.27 bits per heavy atom. The van der Waals surface area contributed by atoms with E-state index in [1.54, 1.807) is 18.2 Å². The van der Waals surface area contributed by atoms with Crippen LogP contribution in [0.5, 0.6) is 0 Å². The molecule has 1 aliphatic rings. The van der Waals surface area contributed by atoms with Gasteiger partial charge < -0.3 is 10.1 Å². The van der Waals surface area contributed by atoms with Crippen molar-refractivity contribution in [2.75, 3.05) is 11.9 Å². The van der Waals surface area contributed by atoms with Crippen molar-refractivity contribution >= 4 is 44.9 Å². The number of anilines is 1. The molecule has 0 spiro atoms. The van der Waals surface area contributed by atoms with Crippen molar-refractivity contribution in [1.82, 2.24) is 0 Å². The molecule has 9 heteroatoms. The minimum atomic E-state index is -4.00. The maximum absolute atomic E-state index is 13.1. The summed E-state index contributed by atoms with van der Waals surface area (Å²) in [5.74, 6) is -1.87. The summed E-state index contributed by atoms with van der Waals surface area (Å²) in [7, 11) is -4.00. The van der Waals surface area contributed by atoms with Crippen molar-refractivity contribution in [3.8, 4) is 0 Å². The van der Waals surface area contributed by atoms with Gasteiger partial charge in [0.2, 0.25) is 9.84 Å². The standard InChI is InChI=1S/C28H19NO6S2/c30-26(29-22-11-5-6-12-23(22)36-19-8-2-1-3-9-19)17-35-28(32)18-14-15-21-25(16-18)37(33,34)24-13-7-4-10-20(24)27(21)31/h1-16H,17H2,(H,29,30). The van der Waals surface area contributed by atoms with Gasteiger partial charge in [0.25, 0.3) is 5.91 Å². The summed E-state index contributed by atoms with van der Waals surface area (Å²) in [5, 5.41) is 2.74. The van der Waals surface area contributed by atoms with Gasteiger partial charge in [-0.2, -0.15) is 0 Å². The Labute approximate surface area is 217 Å². The molecule has 1 N–H and O–H groups in total. The second kappa shape index (κ2) is 10.0. The van der Waals surface area contributed by atoms with Gasteiger partial charge in [-0.3, -0.25) is 9.59 Å². The molecule has 0 unspecified atom stereocenters. The molecule has 0 aromatic heterocycles. The Bertz CT molecular complexity index is 1650. The van der Waals surface area contributed by atoms with E-state index in [1.807, 2.05) is 42.5 Å². The maximum atomic E-state index is 13.1. The van der Waals surface area contributed by atoms with E-state index in [9.17, 15) is 22.8 Å². The van der Waals surface area contributed by atoms with E-state index in [4.69, 9.17) is 4.74 Å². The first-order chi connectivity index (χ1) is 17.8. The molecule has 1 amide bonds. The van der Waals surface area contributed by atoms with Crippen LogP contribution >= 0.6 is 11.8 Å². The number of hydrogen-bond acceptors (Lipinski definition) is 7. The lowest BCUT2D eigenvalue weighted by Crippen LogP contribution is -2.23. The fourth-order valence-corrected chi connectivity index (χ4v) is 6.49. The van der Waals surface area contributed by atoms with Gasteiger partial charge in [0.1, 0.15) is 0 Å². The molecule has 0 atom stereocenters. The van der Waals surface area contributed by atoms with Gasteiger partial charge >= 0.3 is 5.97 Å². The highest BCUT2D eigenvalue weighted by Crippen LogP contribution is 2.35. The highest BCUT2D eigenvalue weighted by atomic mass is 32.2. The highest BCUT2D eigenvalue weighted by Gasteiger charge is 2.35. The largest absolute Gasteiger partial charge is 0.452 e. The zero-order chi connectivity index (χ0) is 26.0. The summed E-state index contributed by atoms with van der Waals surface area (Å²) < 4.78 is 31.3. The third kappa shape index (κ3) is 4.91. The minimum Gasteiger partial charge on any atom is -0.452 e. The number of ketones is 1. The first-order valence-corrected chi connectivity index (χ1v) is 13.5. The number of carbonyl (C=O) groups excluding carboxylic acids is 3. The third-order valence-electron chi connectivity index (χ3n) is 5.64. The number of para-hydroxylation sites is 1. The molecule has 0 radical (unpaired) electrons. The van der Waals surface area contributed by atoms with Gasteiger partial charge in [0, 0.05) is 20.9 Å². The van der Waals surface area contributed by atoms with E-state index in [1.165, 1.54) is 42.1 Å². The number of rotatable bonds is 6. The number of amides is 1. The van der Waals surface area contributed by atoms with Crippen molar-refractivity contribution in [3.63, 3.8) is 0 Å². The molecule has 0 aliphatic carbocycles. The van der Waals surface area contributed by atoms with Crippen LogP contribution in [-0.4, -0.2) is 32.7 Å². The van der Waals surface area contributed by atoms with Gasteiger partial charge in [-0.1, -0.05) is 54.2 Å². The average molecular weight is 530 g/mol. The normalized spacial score (nSPS) is 13.2. The predicted molar refractivity (Wildman–Crippen MR) is 138 cm³/mol. The Morgan fingerprint density at radius 1 is 0.784 bits per heavy atom. The van der Waals surface area contributed by atoms with E-state index in [-0.39, 0.29) is 26.5 Å². The minimum absolute atomic E-state index is 0.0134. The average Bonchev–Trinajstić information content (AvgIpc) is 2.92. The Hall–Kier alpha value is -4.21. The quantitative estimate of drug-likeness (QED) is 0.308. The monoisotopic (exact) mass is 529 g/mol. The number of esters is 1. The first-order valence-electron chi connectivity index (χ1n) is 11.2. The molecule has 1 heterocycles. The number of carbonyl (C=O) groups is 3. The summed E-state index contributed by atoms with van der Waals surface area (Å²) in [6.45, 7) is -0.575. The predicted octanol–water partition coefficient (Wildman–Crippen LogP) is 5.01. The Morgan fingerprint density at radius 2 is 1.46 bits per heavy atom. The van der Waals surface area contributed by atoms with Gasteiger partial charge in [0.15, 0.2) is 12.4 Å². The molecule has 0 fully saturated rings. The van der Waals surface area contributed by atoms with Crippen molar-refractivity contribution in [2.24, 2.45) is 0 Å². The van der Waals surface area contributed by atoms with Crippen LogP contribution in [0.3, 0.4) is 0 Å². The second-order valence-electron chi connectivity index (χ2n) is 8.08. The Balaban J connectivity index is 1.28. The molecule has 37 heavy (non-hydrogen) atoms. The summed E-state index contributed by atoms with van der Waals surface area (Å²) >= 11 is 1.48. The summed E-state index contributed by atoms with van der Waals surface area (Å²) in [5.41, 5.74) is 0.560. The third-order valence-corrected chi connectivity index (χ3v) is 8.57. The molecule has 1 aliphatic heterocycles. The summed E-state index contributed by atoms with van der Waals surface area (Å²) in [4.78, 5) is 39.4. The van der Waals surface area contributed by atoms with Crippen LogP contribution in [-0.2, 0) is 19.4 Å². The van der Waals surface area contributed by atoms with Gasteiger partial charge in [-0.15, -0.1) is 0 Å². The molecule has 0 saturated heterocycles. The van der Waals surface area contributed by atoms with Crippen LogP contribution in [0.1, 0.15) is 26.3 Å². The van der Waals surface area contributed by atoms with E-state index < -0.39 is 34.1 Å². The molecule has 0 bridgehead atoms. The van der Waals surface area contributed by atoms with Gasteiger partial charge in [-0.25, -0.2) is 13.2 Å². The molecule has 7 nitrogen and oxygen atoms in total. The number of nitrogens with one attached hydrogen (secondary N) is 1. The van der Waals surface area contributed by atoms with Gasteiger partial charge in [-0.05, 0) is 54.6 Å². The maximum Gasteiger partial charge on any atom is 0.338 e. The van der Waals surface area contributed by atoms with Crippen LogP contribution in [0.4, 0.5) is 5.69 Å². The first kappa shape index (κ1) is 24.5. The lowest BCUT2D eigenvalue weighted by molar-refractivity contribution is -0.119. The summed E-state index contributed by atoms with van der Waals surface area (Å²) in [6, 6.07) is 26.6. The molecular weight excluding hydrogens is 510 g/mol. The molecule has 0 saturated carbocycles. The van der Waals surface area contributed by atoms with Crippen molar-refractivity contribution in [3.05, 3.63) is 114 Å². The molecule has 4 aromatic carbocycles. The zero-order valence-corrected chi connectivity index (χ0v) is 20.8. The highest BCUT2D eigenvalue weighted by molar-refractivity contribution is 7.99. The molecule has 5 rings (SSSR count). The Kier molecular flexibility index (Phi) is 6.64. The number of fused-ring (bicyclic) bond motifs is 2. The van der Waals surface area contributed by atoms with Crippen LogP contribution in [0, 0.1) is 0 Å². The zero-order valence-electron chi connectivity index (χ0n) is 19.2. The number of sulfone groups is 1. The van der Waals surface area contributed by atoms with Crippen molar-refractivity contribution in [1.29, 1.82) is 0 Å². The van der Waals surface area contributed by atoms with E-state index >= 15 is 0 Å². The molecule has 184 valence electrons. The van der Waals surface area contributed by atoms with Crippen LogP contribution in [0.15, 0.2) is 117 Å². The number of benzene rings is 4. The lowest BCUT2D eigenvalue weighted by atomic mass is 10.0. The van der Waals surface area contributed by atoms with E-state index in [2.05, 4.69) is 5.32 Å². The fourth-order valence-electron chi connectivity index (χ4n) is 3.89. The van der Waals surface area contributed by atoms with Crippen LogP contribution in [0.25, 0.3) is 0 Å². The second-order valence-corrected chi connectivity index (χ2v) is 11.1. The number of hydrogen-bond donors (Lipinski definition) is 1. The fraction of sp³-hybridized carbons (Fsp3) is 0.0357. The van der Waals surface area contributed by atoms with Crippen molar-refractivity contribution in [2.45, 2.75) is 19.6 Å².